The third-order valence-electron chi connectivity index (χ3n) is 4.40. The SMILES string of the molecule is Cc1cccc(F)c1-c1nc(C(=O)NS(=O)(=O)c2ccccc2Br)n(C)c1C. The Hall–Kier alpha value is -2.52. The molecule has 28 heavy (non-hydrogen) atoms. The lowest BCUT2D eigenvalue weighted by Gasteiger charge is -2.08. The molecule has 0 bridgehead atoms. The van der Waals surface area contributed by atoms with E-state index in [-0.39, 0.29) is 16.3 Å². The van der Waals surface area contributed by atoms with Gasteiger partial charge in [-0.15, -0.1) is 0 Å². The van der Waals surface area contributed by atoms with Gasteiger partial charge in [-0.2, -0.15) is 0 Å². The van der Waals surface area contributed by atoms with Gasteiger partial charge in [0, 0.05) is 22.8 Å². The lowest BCUT2D eigenvalue weighted by Crippen LogP contribution is -2.32. The van der Waals surface area contributed by atoms with Crippen molar-refractivity contribution >= 4 is 31.9 Å². The molecule has 146 valence electrons. The van der Waals surface area contributed by atoms with Gasteiger partial charge in [-0.1, -0.05) is 24.3 Å². The van der Waals surface area contributed by atoms with Crippen molar-refractivity contribution in [2.45, 2.75) is 18.7 Å². The third-order valence-corrected chi connectivity index (χ3v) is 6.74. The van der Waals surface area contributed by atoms with E-state index in [1.54, 1.807) is 51.2 Å². The Morgan fingerprint density at radius 1 is 1.14 bits per heavy atom. The number of nitrogens with one attached hydrogen (secondary N) is 1. The van der Waals surface area contributed by atoms with Crippen LogP contribution in [0.5, 0.6) is 0 Å². The van der Waals surface area contributed by atoms with E-state index >= 15 is 0 Å². The van der Waals surface area contributed by atoms with E-state index < -0.39 is 21.7 Å². The highest BCUT2D eigenvalue weighted by molar-refractivity contribution is 9.10. The van der Waals surface area contributed by atoms with Crippen LogP contribution in [0.3, 0.4) is 0 Å². The molecular formula is C19H17BrFN3O3S. The molecule has 1 N–H and O–H groups in total. The number of aromatic nitrogens is 2. The maximum absolute atomic E-state index is 14.3. The Labute approximate surface area is 170 Å². The zero-order valence-electron chi connectivity index (χ0n) is 15.3. The highest BCUT2D eigenvalue weighted by Gasteiger charge is 2.26. The predicted octanol–water partition coefficient (Wildman–Crippen LogP) is 3.72. The fourth-order valence-corrected chi connectivity index (χ4v) is 4.79. The summed E-state index contributed by atoms with van der Waals surface area (Å²) in [5.74, 6) is -1.50. The molecule has 6 nitrogen and oxygen atoms in total. The van der Waals surface area contributed by atoms with Crippen LogP contribution in [0.4, 0.5) is 4.39 Å². The molecule has 0 aliphatic heterocycles. The topological polar surface area (TPSA) is 81.1 Å². The summed E-state index contributed by atoms with van der Waals surface area (Å²) in [5, 5.41) is 0. The molecule has 0 atom stereocenters. The largest absolute Gasteiger partial charge is 0.327 e. The summed E-state index contributed by atoms with van der Waals surface area (Å²) in [7, 11) is -2.54. The second-order valence-electron chi connectivity index (χ2n) is 6.23. The fraction of sp³-hybridized carbons (Fsp3) is 0.158. The van der Waals surface area contributed by atoms with Gasteiger partial charge in [0.15, 0.2) is 0 Å². The number of sulfonamides is 1. The van der Waals surface area contributed by atoms with Crippen LogP contribution in [0.1, 0.15) is 21.9 Å². The lowest BCUT2D eigenvalue weighted by molar-refractivity contribution is 0.0968. The van der Waals surface area contributed by atoms with Crippen molar-refractivity contribution in [2.75, 3.05) is 0 Å². The normalized spacial score (nSPS) is 11.5. The molecule has 0 radical (unpaired) electrons. The van der Waals surface area contributed by atoms with E-state index in [4.69, 9.17) is 0 Å². The van der Waals surface area contributed by atoms with Crippen molar-refractivity contribution in [3.05, 3.63) is 69.8 Å². The van der Waals surface area contributed by atoms with Gasteiger partial charge in [-0.25, -0.2) is 22.5 Å². The van der Waals surface area contributed by atoms with Crippen molar-refractivity contribution in [3.8, 4) is 11.3 Å². The van der Waals surface area contributed by atoms with E-state index in [0.717, 1.165) is 0 Å². The smallest absolute Gasteiger partial charge is 0.301 e. The van der Waals surface area contributed by atoms with Crippen molar-refractivity contribution in [1.82, 2.24) is 14.3 Å². The molecule has 9 heteroatoms. The molecule has 0 fully saturated rings. The number of imidazole rings is 1. The molecule has 0 spiro atoms. The molecule has 3 aromatic rings. The highest BCUT2D eigenvalue weighted by atomic mass is 79.9. The van der Waals surface area contributed by atoms with E-state index in [0.29, 0.717) is 21.4 Å². The molecule has 0 unspecified atom stereocenters. The van der Waals surface area contributed by atoms with Crippen molar-refractivity contribution < 1.29 is 17.6 Å². The number of carbonyl (C=O) groups is 1. The molecule has 1 heterocycles. The zero-order chi connectivity index (χ0) is 20.6. The van der Waals surface area contributed by atoms with Crippen LogP contribution >= 0.6 is 15.9 Å². The summed E-state index contributed by atoms with van der Waals surface area (Å²) in [6, 6.07) is 10.8. The minimum atomic E-state index is -4.11. The Kier molecular flexibility index (Phi) is 5.40. The molecule has 3 rings (SSSR count). The van der Waals surface area contributed by atoms with E-state index in [9.17, 15) is 17.6 Å². The summed E-state index contributed by atoms with van der Waals surface area (Å²) in [5.41, 5.74) is 1.77. The predicted molar refractivity (Wildman–Crippen MR) is 107 cm³/mol. The first-order chi connectivity index (χ1) is 13.1. The first kappa shape index (κ1) is 20.2. The molecule has 1 amide bonds. The highest BCUT2D eigenvalue weighted by Crippen LogP contribution is 2.29. The summed E-state index contributed by atoms with van der Waals surface area (Å²) in [4.78, 5) is 16.8. The van der Waals surface area contributed by atoms with Crippen molar-refractivity contribution in [3.63, 3.8) is 0 Å². The zero-order valence-corrected chi connectivity index (χ0v) is 17.7. The molecule has 0 saturated heterocycles. The van der Waals surface area contributed by atoms with E-state index in [1.165, 1.54) is 16.7 Å². The second-order valence-corrected chi connectivity index (χ2v) is 8.73. The molecule has 1 aromatic heterocycles. The van der Waals surface area contributed by atoms with Crippen LogP contribution in [0.2, 0.25) is 0 Å². The summed E-state index contributed by atoms with van der Waals surface area (Å²) in [6.45, 7) is 3.43. The number of aryl methyl sites for hydroxylation is 1. The van der Waals surface area contributed by atoms with Gasteiger partial charge in [0.2, 0.25) is 5.82 Å². The second kappa shape index (κ2) is 7.48. The summed E-state index contributed by atoms with van der Waals surface area (Å²) in [6.07, 6.45) is 0. The van der Waals surface area contributed by atoms with Crippen molar-refractivity contribution in [2.24, 2.45) is 7.05 Å². The fourth-order valence-electron chi connectivity index (χ4n) is 2.84. The first-order valence-corrected chi connectivity index (χ1v) is 10.5. The number of rotatable bonds is 4. The maximum atomic E-state index is 14.3. The Balaban J connectivity index is 2.02. The average molecular weight is 466 g/mol. The molecular weight excluding hydrogens is 449 g/mol. The molecule has 2 aromatic carbocycles. The number of halogens is 2. The number of nitrogens with zero attached hydrogens (tertiary/aromatic N) is 2. The summed E-state index contributed by atoms with van der Waals surface area (Å²) < 4.78 is 43.2. The lowest BCUT2D eigenvalue weighted by atomic mass is 10.0. The average Bonchev–Trinajstić information content (AvgIpc) is 2.90. The van der Waals surface area contributed by atoms with Crippen LogP contribution in [0.25, 0.3) is 11.3 Å². The van der Waals surface area contributed by atoms with E-state index in [2.05, 4.69) is 20.9 Å². The van der Waals surface area contributed by atoms with Crippen LogP contribution in [-0.2, 0) is 17.1 Å². The minimum absolute atomic E-state index is 0.0700. The molecule has 0 aliphatic carbocycles. The standard InChI is InChI=1S/C19H17BrFN3O3S/c1-11-7-6-9-14(21)16(11)17-12(2)24(3)18(22-17)19(25)23-28(26,27)15-10-5-4-8-13(15)20/h4-10H,1-3H3,(H,23,25). The van der Waals surface area contributed by atoms with Gasteiger partial charge in [0.25, 0.3) is 10.0 Å². The number of amides is 1. The number of hydrogen-bond donors (Lipinski definition) is 1. The van der Waals surface area contributed by atoms with Gasteiger partial charge in [-0.05, 0) is 53.5 Å². The quantitative estimate of drug-likeness (QED) is 0.636. The van der Waals surface area contributed by atoms with Gasteiger partial charge in [0.1, 0.15) is 10.7 Å². The number of hydrogen-bond acceptors (Lipinski definition) is 4. The van der Waals surface area contributed by atoms with Gasteiger partial charge < -0.3 is 4.57 Å². The minimum Gasteiger partial charge on any atom is -0.327 e. The monoisotopic (exact) mass is 465 g/mol. The Morgan fingerprint density at radius 3 is 2.46 bits per heavy atom. The van der Waals surface area contributed by atoms with Crippen LogP contribution in [0.15, 0.2) is 51.8 Å². The Morgan fingerprint density at radius 2 is 1.82 bits per heavy atom. The van der Waals surface area contributed by atoms with Crippen LogP contribution in [-0.4, -0.2) is 23.9 Å². The van der Waals surface area contributed by atoms with Gasteiger partial charge >= 0.3 is 5.91 Å². The van der Waals surface area contributed by atoms with Crippen molar-refractivity contribution in [1.29, 1.82) is 0 Å². The van der Waals surface area contributed by atoms with Gasteiger partial charge in [0.05, 0.1) is 5.69 Å². The molecule has 0 saturated carbocycles. The third kappa shape index (κ3) is 3.59. The molecule has 0 aliphatic rings. The van der Waals surface area contributed by atoms with Crippen LogP contribution < -0.4 is 4.72 Å². The maximum Gasteiger partial charge on any atom is 0.301 e. The van der Waals surface area contributed by atoms with Gasteiger partial charge in [-0.3, -0.25) is 4.79 Å². The first-order valence-electron chi connectivity index (χ1n) is 8.24. The van der Waals surface area contributed by atoms with Crippen LogP contribution in [0, 0.1) is 19.7 Å². The van der Waals surface area contributed by atoms with E-state index in [1.807, 2.05) is 4.72 Å². The Bertz CT molecular complexity index is 1170. The summed E-state index contributed by atoms with van der Waals surface area (Å²) >= 11 is 3.16. The number of carbonyl (C=O) groups excluding carboxylic acids is 1. The number of benzene rings is 2.